The molecule has 0 bridgehead atoms. The van der Waals surface area contributed by atoms with Gasteiger partial charge in [-0.1, -0.05) is 12.8 Å². The third-order valence-electron chi connectivity index (χ3n) is 3.29. The molecule has 0 saturated heterocycles. The maximum Gasteiger partial charge on any atom is 0.310 e. The quantitative estimate of drug-likeness (QED) is 0.682. The molecule has 0 spiro atoms. The van der Waals surface area contributed by atoms with E-state index >= 15 is 0 Å². The molecule has 0 aliphatic heterocycles. The second-order valence-electron chi connectivity index (χ2n) is 6.40. The van der Waals surface area contributed by atoms with Crippen LogP contribution < -0.4 is 5.32 Å². The first-order chi connectivity index (χ1) is 9.83. The third-order valence-corrected chi connectivity index (χ3v) is 3.47. The molecule has 21 heavy (non-hydrogen) atoms. The van der Waals surface area contributed by atoms with Gasteiger partial charge in [-0.25, -0.2) is 9.97 Å². The van der Waals surface area contributed by atoms with E-state index in [0.717, 1.165) is 18.4 Å². The maximum absolute atomic E-state index is 12.0. The number of hydrogen-bond donors (Lipinski definition) is 1. The van der Waals surface area contributed by atoms with E-state index in [1.807, 2.05) is 20.8 Å². The molecule has 1 N–H and O–H groups in total. The minimum atomic E-state index is -0.497. The van der Waals surface area contributed by atoms with Gasteiger partial charge >= 0.3 is 5.97 Å². The lowest BCUT2D eigenvalue weighted by Gasteiger charge is -2.20. The summed E-state index contributed by atoms with van der Waals surface area (Å²) in [5.74, 6) is 0.357. The molecule has 6 heteroatoms. The molecule has 0 amide bonds. The zero-order valence-electron chi connectivity index (χ0n) is 12.8. The smallest absolute Gasteiger partial charge is 0.310 e. The van der Waals surface area contributed by atoms with Gasteiger partial charge in [-0.3, -0.25) is 4.79 Å². The van der Waals surface area contributed by atoms with Gasteiger partial charge in [0.25, 0.3) is 0 Å². The predicted octanol–water partition coefficient (Wildman–Crippen LogP) is 3.37. The molecule has 1 aromatic rings. The average Bonchev–Trinajstić information content (AvgIpc) is 2.83. The number of carbonyl (C=O) groups excluding carboxylic acids is 1. The first-order valence-electron chi connectivity index (χ1n) is 7.33. The number of aromatic nitrogens is 2. The van der Waals surface area contributed by atoms with Crippen molar-refractivity contribution in [2.45, 2.75) is 64.5 Å². The van der Waals surface area contributed by atoms with E-state index in [1.165, 1.54) is 12.8 Å². The van der Waals surface area contributed by atoms with Crippen LogP contribution in [-0.4, -0.2) is 27.6 Å². The number of ether oxygens (including phenoxy) is 1. The van der Waals surface area contributed by atoms with Gasteiger partial charge in [0, 0.05) is 17.8 Å². The summed E-state index contributed by atoms with van der Waals surface area (Å²) in [6, 6.07) is 0.397. The van der Waals surface area contributed by atoms with Gasteiger partial charge in [-0.15, -0.1) is 0 Å². The van der Waals surface area contributed by atoms with E-state index in [9.17, 15) is 4.79 Å². The van der Waals surface area contributed by atoms with Crippen molar-refractivity contribution in [3.63, 3.8) is 0 Å². The number of esters is 1. The van der Waals surface area contributed by atoms with Gasteiger partial charge in [-0.05, 0) is 45.2 Å². The van der Waals surface area contributed by atoms with Crippen LogP contribution >= 0.6 is 11.6 Å². The monoisotopic (exact) mass is 311 g/mol. The molecule has 1 saturated carbocycles. The average molecular weight is 312 g/mol. The SMILES string of the molecule is CC(C)(C)OC(=O)Cc1cnc(Cl)nc1NC1CCCC1. The molecule has 1 heterocycles. The van der Waals surface area contributed by atoms with E-state index in [2.05, 4.69) is 15.3 Å². The van der Waals surface area contributed by atoms with Crippen molar-refractivity contribution in [3.8, 4) is 0 Å². The molecule has 0 unspecified atom stereocenters. The minimum Gasteiger partial charge on any atom is -0.460 e. The van der Waals surface area contributed by atoms with Crippen LogP contribution in [0.4, 0.5) is 5.82 Å². The molecule has 116 valence electrons. The zero-order chi connectivity index (χ0) is 15.5. The summed E-state index contributed by atoms with van der Waals surface area (Å²) >= 11 is 5.87. The Balaban J connectivity index is 2.08. The maximum atomic E-state index is 12.0. The lowest BCUT2D eigenvalue weighted by atomic mass is 10.1. The number of halogens is 1. The fourth-order valence-corrected chi connectivity index (χ4v) is 2.57. The Labute approximate surface area is 130 Å². The van der Waals surface area contributed by atoms with Gasteiger partial charge in [0.05, 0.1) is 6.42 Å². The number of nitrogens with one attached hydrogen (secondary N) is 1. The fourth-order valence-electron chi connectivity index (χ4n) is 2.44. The highest BCUT2D eigenvalue weighted by molar-refractivity contribution is 6.28. The molecule has 1 aliphatic rings. The summed E-state index contributed by atoms with van der Waals surface area (Å²) in [7, 11) is 0. The van der Waals surface area contributed by atoms with Crippen LogP contribution in [0.3, 0.4) is 0 Å². The molecule has 5 nitrogen and oxygen atoms in total. The molecule has 0 aromatic carbocycles. The highest BCUT2D eigenvalue weighted by atomic mass is 35.5. The largest absolute Gasteiger partial charge is 0.460 e. The Bertz CT molecular complexity index is 508. The number of carbonyl (C=O) groups is 1. The lowest BCUT2D eigenvalue weighted by Crippen LogP contribution is -2.25. The molecule has 1 fully saturated rings. The van der Waals surface area contributed by atoms with Gasteiger partial charge in [0.15, 0.2) is 0 Å². The minimum absolute atomic E-state index is 0.142. The van der Waals surface area contributed by atoms with E-state index in [0.29, 0.717) is 11.9 Å². The second kappa shape index (κ2) is 6.60. The van der Waals surface area contributed by atoms with Gasteiger partial charge in [0.1, 0.15) is 11.4 Å². The normalized spacial score (nSPS) is 16.0. The number of hydrogen-bond acceptors (Lipinski definition) is 5. The van der Waals surface area contributed by atoms with Crippen molar-refractivity contribution in [3.05, 3.63) is 17.0 Å². The number of nitrogens with zero attached hydrogens (tertiary/aromatic N) is 2. The lowest BCUT2D eigenvalue weighted by molar-refractivity contribution is -0.153. The molecule has 0 radical (unpaired) electrons. The summed E-state index contributed by atoms with van der Waals surface area (Å²) in [6.07, 6.45) is 6.41. The Morgan fingerprint density at radius 2 is 2.10 bits per heavy atom. The van der Waals surface area contributed by atoms with Crippen molar-refractivity contribution in [2.24, 2.45) is 0 Å². The summed E-state index contributed by atoms with van der Waals surface area (Å²) < 4.78 is 5.34. The topological polar surface area (TPSA) is 64.1 Å². The molecule has 1 aliphatic carbocycles. The molecular weight excluding hydrogens is 290 g/mol. The summed E-state index contributed by atoms with van der Waals surface area (Å²) in [6.45, 7) is 5.54. The first-order valence-corrected chi connectivity index (χ1v) is 7.71. The summed E-state index contributed by atoms with van der Waals surface area (Å²) in [4.78, 5) is 20.2. The Hall–Kier alpha value is -1.36. The van der Waals surface area contributed by atoms with Gasteiger partial charge in [-0.2, -0.15) is 0 Å². The number of rotatable bonds is 4. The summed E-state index contributed by atoms with van der Waals surface area (Å²) in [5, 5.41) is 3.56. The van der Waals surface area contributed by atoms with Crippen LogP contribution in [-0.2, 0) is 16.0 Å². The Morgan fingerprint density at radius 3 is 2.71 bits per heavy atom. The first kappa shape index (κ1) is 16.0. The molecule has 0 atom stereocenters. The highest BCUT2D eigenvalue weighted by Crippen LogP contribution is 2.24. The van der Waals surface area contributed by atoms with Crippen LogP contribution in [0.2, 0.25) is 5.28 Å². The van der Waals surface area contributed by atoms with Crippen molar-refractivity contribution < 1.29 is 9.53 Å². The predicted molar refractivity (Wildman–Crippen MR) is 82.5 cm³/mol. The standard InChI is InChI=1S/C15H22ClN3O2/c1-15(2,3)21-12(20)8-10-9-17-14(16)19-13(10)18-11-6-4-5-7-11/h9,11H,4-8H2,1-3H3,(H,17,18,19). The zero-order valence-corrected chi connectivity index (χ0v) is 13.5. The molecular formula is C15H22ClN3O2. The third kappa shape index (κ3) is 5.16. The fraction of sp³-hybridized carbons (Fsp3) is 0.667. The van der Waals surface area contributed by atoms with E-state index < -0.39 is 5.60 Å². The van der Waals surface area contributed by atoms with Crippen LogP contribution in [0.1, 0.15) is 52.0 Å². The van der Waals surface area contributed by atoms with Crippen molar-refractivity contribution >= 4 is 23.4 Å². The molecule has 2 rings (SSSR count). The van der Waals surface area contributed by atoms with E-state index in [-0.39, 0.29) is 17.7 Å². The number of anilines is 1. The van der Waals surface area contributed by atoms with Crippen LogP contribution in [0.25, 0.3) is 0 Å². The van der Waals surface area contributed by atoms with Crippen molar-refractivity contribution in [1.82, 2.24) is 9.97 Å². The summed E-state index contributed by atoms with van der Waals surface area (Å²) in [5.41, 5.74) is 0.226. The second-order valence-corrected chi connectivity index (χ2v) is 6.74. The Morgan fingerprint density at radius 1 is 1.43 bits per heavy atom. The van der Waals surface area contributed by atoms with E-state index in [4.69, 9.17) is 16.3 Å². The van der Waals surface area contributed by atoms with Crippen molar-refractivity contribution in [1.29, 1.82) is 0 Å². The van der Waals surface area contributed by atoms with Crippen LogP contribution in [0.5, 0.6) is 0 Å². The molecule has 1 aromatic heterocycles. The van der Waals surface area contributed by atoms with Crippen molar-refractivity contribution in [2.75, 3.05) is 5.32 Å². The van der Waals surface area contributed by atoms with E-state index in [1.54, 1.807) is 6.20 Å². The van der Waals surface area contributed by atoms with Crippen LogP contribution in [0.15, 0.2) is 6.20 Å². The van der Waals surface area contributed by atoms with Gasteiger partial charge in [0.2, 0.25) is 5.28 Å². The van der Waals surface area contributed by atoms with Gasteiger partial charge < -0.3 is 10.1 Å². The van der Waals surface area contributed by atoms with Crippen LogP contribution in [0, 0.1) is 0 Å². The Kier molecular flexibility index (Phi) is 5.04. The highest BCUT2D eigenvalue weighted by Gasteiger charge is 2.21.